The van der Waals surface area contributed by atoms with Crippen LogP contribution in [-0.4, -0.2) is 83.3 Å². The average Bonchev–Trinajstić information content (AvgIpc) is 3.09. The minimum absolute atomic E-state index is 0.509. The van der Waals surface area contributed by atoms with Crippen molar-refractivity contribution in [3.63, 3.8) is 0 Å². The number of ether oxygens (including phenoxy) is 1. The van der Waals surface area contributed by atoms with Crippen molar-refractivity contribution < 1.29 is 4.74 Å². The van der Waals surface area contributed by atoms with Gasteiger partial charge in [-0.3, -0.25) is 4.90 Å². The predicted octanol–water partition coefficient (Wildman–Crippen LogP) is 3.68. The van der Waals surface area contributed by atoms with Crippen molar-refractivity contribution in [3.05, 3.63) is 18.0 Å². The summed E-state index contributed by atoms with van der Waals surface area (Å²) in [5, 5.41) is 0. The maximum atomic E-state index is 5.84. The lowest BCUT2D eigenvalue weighted by molar-refractivity contribution is 0.00944. The van der Waals surface area contributed by atoms with Crippen LogP contribution in [0.1, 0.15) is 76.7 Å². The fourth-order valence-corrected chi connectivity index (χ4v) is 6.66. The Morgan fingerprint density at radius 1 is 0.839 bits per heavy atom. The van der Waals surface area contributed by atoms with Crippen molar-refractivity contribution in [1.82, 2.24) is 19.8 Å². The topological polar surface area (TPSA) is 44.7 Å². The number of aromatic nitrogens is 2. The standard InChI is InChI=1S/C25H41N5O/c1-3-28-17-22-5-6-23(18-28)30(22)25-26-15-20(16-27-25)19-11-13-29(14-12-19)21-7-9-24(10-8-21)31-4-2/h15-16,19,21-24H,3-14,17-18H2,1-2H3/t21-,22?,23?,24+. The minimum atomic E-state index is 0.509. The van der Waals surface area contributed by atoms with Crippen LogP contribution in [0.2, 0.25) is 0 Å². The summed E-state index contributed by atoms with van der Waals surface area (Å²) in [6.45, 7) is 11.2. The van der Waals surface area contributed by atoms with Gasteiger partial charge in [0.25, 0.3) is 0 Å². The summed E-state index contributed by atoms with van der Waals surface area (Å²) in [5.74, 6) is 1.59. The second-order valence-electron chi connectivity index (χ2n) is 10.2. The van der Waals surface area contributed by atoms with E-state index in [0.29, 0.717) is 24.1 Å². The molecule has 2 bridgehead atoms. The molecule has 1 aromatic heterocycles. The number of likely N-dealkylation sites (tertiary alicyclic amines) is 2. The monoisotopic (exact) mass is 427 g/mol. The highest BCUT2D eigenvalue weighted by Crippen LogP contribution is 2.35. The van der Waals surface area contributed by atoms with E-state index >= 15 is 0 Å². The van der Waals surface area contributed by atoms with Gasteiger partial charge in [0.1, 0.15) is 0 Å². The van der Waals surface area contributed by atoms with Crippen LogP contribution in [0.15, 0.2) is 12.4 Å². The highest BCUT2D eigenvalue weighted by molar-refractivity contribution is 5.38. The van der Waals surface area contributed by atoms with Gasteiger partial charge in [0.15, 0.2) is 0 Å². The molecule has 1 aliphatic carbocycles. The number of rotatable bonds is 6. The van der Waals surface area contributed by atoms with E-state index in [9.17, 15) is 0 Å². The van der Waals surface area contributed by atoms with Gasteiger partial charge >= 0.3 is 0 Å². The Balaban J connectivity index is 1.13. The Bertz CT molecular complexity index is 682. The first-order valence-corrected chi connectivity index (χ1v) is 12.9. The van der Waals surface area contributed by atoms with Crippen LogP contribution < -0.4 is 4.90 Å². The van der Waals surface area contributed by atoms with E-state index < -0.39 is 0 Å². The van der Waals surface area contributed by atoms with Gasteiger partial charge in [0.05, 0.1) is 6.10 Å². The summed E-state index contributed by atoms with van der Waals surface area (Å²) in [7, 11) is 0. The Labute approximate surface area is 188 Å². The van der Waals surface area contributed by atoms with E-state index in [-0.39, 0.29) is 0 Å². The molecule has 1 aromatic rings. The SMILES string of the molecule is CCO[C@H]1CC[C@@H](N2CCC(c3cnc(N4C5CCC4CN(CC)C5)nc3)CC2)CC1. The molecule has 0 N–H and O–H groups in total. The lowest BCUT2D eigenvalue weighted by atomic mass is 9.87. The average molecular weight is 428 g/mol. The second-order valence-corrected chi connectivity index (χ2v) is 10.2. The summed E-state index contributed by atoms with van der Waals surface area (Å²) < 4.78 is 5.84. The first-order valence-electron chi connectivity index (χ1n) is 12.9. The van der Waals surface area contributed by atoms with E-state index in [0.717, 1.165) is 25.1 Å². The van der Waals surface area contributed by atoms with Gasteiger partial charge in [-0.15, -0.1) is 0 Å². The van der Waals surface area contributed by atoms with E-state index in [2.05, 4.69) is 40.9 Å². The molecule has 1 saturated carbocycles. The molecule has 31 heavy (non-hydrogen) atoms. The van der Waals surface area contributed by atoms with Gasteiger partial charge in [-0.2, -0.15) is 0 Å². The van der Waals surface area contributed by atoms with Gasteiger partial charge in [0.2, 0.25) is 5.95 Å². The molecule has 0 amide bonds. The molecule has 0 aromatic carbocycles. The van der Waals surface area contributed by atoms with Gasteiger partial charge in [-0.05, 0) is 89.4 Å². The fourth-order valence-electron chi connectivity index (χ4n) is 6.66. The van der Waals surface area contributed by atoms with Gasteiger partial charge in [-0.1, -0.05) is 6.92 Å². The molecular formula is C25H41N5O. The molecule has 6 heteroatoms. The third kappa shape index (κ3) is 4.62. The zero-order valence-electron chi connectivity index (χ0n) is 19.6. The molecule has 2 unspecified atom stereocenters. The third-order valence-corrected chi connectivity index (χ3v) is 8.46. The Morgan fingerprint density at radius 2 is 1.45 bits per heavy atom. The Morgan fingerprint density at radius 3 is 2.03 bits per heavy atom. The van der Waals surface area contributed by atoms with Crippen LogP contribution in [0.4, 0.5) is 5.95 Å². The molecule has 0 spiro atoms. The second kappa shape index (κ2) is 9.72. The number of fused-ring (bicyclic) bond motifs is 2. The van der Waals surface area contributed by atoms with Crippen molar-refractivity contribution in [2.45, 2.75) is 95.4 Å². The first kappa shape index (κ1) is 21.6. The highest BCUT2D eigenvalue weighted by Gasteiger charge is 2.40. The molecule has 0 radical (unpaired) electrons. The van der Waals surface area contributed by atoms with E-state index in [4.69, 9.17) is 14.7 Å². The van der Waals surface area contributed by atoms with Crippen LogP contribution in [0.5, 0.6) is 0 Å². The molecule has 4 fully saturated rings. The molecule has 2 atom stereocenters. The third-order valence-electron chi connectivity index (χ3n) is 8.46. The number of hydrogen-bond donors (Lipinski definition) is 0. The molecule has 5 rings (SSSR count). The van der Waals surface area contributed by atoms with Crippen molar-refractivity contribution in [1.29, 1.82) is 0 Å². The largest absolute Gasteiger partial charge is 0.379 e. The van der Waals surface area contributed by atoms with Gasteiger partial charge in [-0.25, -0.2) is 9.97 Å². The van der Waals surface area contributed by atoms with Crippen LogP contribution >= 0.6 is 0 Å². The summed E-state index contributed by atoms with van der Waals surface area (Å²) in [5.41, 5.74) is 1.35. The summed E-state index contributed by atoms with van der Waals surface area (Å²) >= 11 is 0. The number of anilines is 1. The Hall–Kier alpha value is -1.24. The molecule has 3 aliphatic heterocycles. The molecular weight excluding hydrogens is 386 g/mol. The van der Waals surface area contributed by atoms with Gasteiger partial charge < -0.3 is 14.5 Å². The predicted molar refractivity (Wildman–Crippen MR) is 125 cm³/mol. The summed E-state index contributed by atoms with van der Waals surface area (Å²) in [4.78, 5) is 17.6. The normalized spacial score (nSPS) is 33.2. The number of likely N-dealkylation sites (N-methyl/N-ethyl adjacent to an activating group) is 1. The van der Waals surface area contributed by atoms with Crippen LogP contribution in [0.25, 0.3) is 0 Å². The van der Waals surface area contributed by atoms with E-state index in [1.807, 2.05) is 0 Å². The molecule has 172 valence electrons. The zero-order chi connectivity index (χ0) is 21.2. The Kier molecular flexibility index (Phi) is 6.77. The van der Waals surface area contributed by atoms with Crippen LogP contribution in [-0.2, 0) is 4.74 Å². The summed E-state index contributed by atoms with van der Waals surface area (Å²) in [6, 6.07) is 1.98. The quantitative estimate of drug-likeness (QED) is 0.690. The zero-order valence-corrected chi connectivity index (χ0v) is 19.6. The first-order chi connectivity index (χ1) is 15.2. The molecule has 4 aliphatic rings. The minimum Gasteiger partial charge on any atom is -0.379 e. The van der Waals surface area contributed by atoms with Crippen molar-refractivity contribution in [3.8, 4) is 0 Å². The van der Waals surface area contributed by atoms with Crippen molar-refractivity contribution in [2.75, 3.05) is 44.2 Å². The van der Waals surface area contributed by atoms with Crippen LogP contribution in [0, 0.1) is 0 Å². The van der Waals surface area contributed by atoms with E-state index in [1.165, 1.54) is 83.1 Å². The van der Waals surface area contributed by atoms with Crippen molar-refractivity contribution >= 4 is 5.95 Å². The van der Waals surface area contributed by atoms with Crippen molar-refractivity contribution in [2.24, 2.45) is 0 Å². The number of piperidine rings is 1. The van der Waals surface area contributed by atoms with Crippen LogP contribution in [0.3, 0.4) is 0 Å². The maximum absolute atomic E-state index is 5.84. The smallest absolute Gasteiger partial charge is 0.225 e. The number of nitrogens with zero attached hydrogens (tertiary/aromatic N) is 5. The number of hydrogen-bond acceptors (Lipinski definition) is 6. The summed E-state index contributed by atoms with van der Waals surface area (Å²) in [6.07, 6.45) is 14.9. The molecule has 3 saturated heterocycles. The number of piperazine rings is 1. The fraction of sp³-hybridized carbons (Fsp3) is 0.840. The molecule has 4 heterocycles. The van der Waals surface area contributed by atoms with E-state index in [1.54, 1.807) is 0 Å². The lowest BCUT2D eigenvalue weighted by Gasteiger charge is -2.41. The van der Waals surface area contributed by atoms with Gasteiger partial charge in [0, 0.05) is 50.2 Å². The highest BCUT2D eigenvalue weighted by atomic mass is 16.5. The maximum Gasteiger partial charge on any atom is 0.225 e. The lowest BCUT2D eigenvalue weighted by Crippen LogP contribution is -2.54. The molecule has 6 nitrogen and oxygen atoms in total.